The smallest absolute Gasteiger partial charge is 0.289 e. The zero-order valence-corrected chi connectivity index (χ0v) is 15.6. The lowest BCUT2D eigenvalue weighted by atomic mass is 10.2. The molecule has 1 N–H and O–H groups in total. The van der Waals surface area contributed by atoms with Crippen LogP contribution in [0.15, 0.2) is 45.2 Å². The van der Waals surface area contributed by atoms with Crippen LogP contribution < -0.4 is 10.2 Å². The van der Waals surface area contributed by atoms with Crippen LogP contribution in [0.3, 0.4) is 0 Å². The molecule has 28 heavy (non-hydrogen) atoms. The average molecular weight is 376 g/mol. The van der Waals surface area contributed by atoms with Crippen LogP contribution in [0.4, 0.5) is 5.82 Å². The fourth-order valence-corrected chi connectivity index (χ4v) is 3.65. The van der Waals surface area contributed by atoms with E-state index in [2.05, 4.69) is 20.2 Å². The van der Waals surface area contributed by atoms with Crippen LogP contribution >= 0.6 is 0 Å². The molecule has 1 saturated heterocycles. The minimum absolute atomic E-state index is 0.143. The van der Waals surface area contributed by atoms with Crippen molar-refractivity contribution in [2.75, 3.05) is 18.0 Å². The van der Waals surface area contributed by atoms with Gasteiger partial charge >= 0.3 is 0 Å². The fraction of sp³-hybridized carbons (Fsp3) is 0.286. The van der Waals surface area contributed by atoms with Gasteiger partial charge in [-0.05, 0) is 44.0 Å². The summed E-state index contributed by atoms with van der Waals surface area (Å²) in [7, 11) is 0. The first-order chi connectivity index (χ1) is 13.7. The number of anilines is 1. The maximum Gasteiger partial charge on any atom is 0.289 e. The topological polar surface area (TPSA) is 84.4 Å². The molecule has 0 spiro atoms. The normalized spacial score (nSPS) is 14.2. The molecule has 0 unspecified atom stereocenters. The third-order valence-corrected chi connectivity index (χ3v) is 5.03. The minimum Gasteiger partial charge on any atom is -0.465 e. The Morgan fingerprint density at radius 3 is 2.71 bits per heavy atom. The number of hydrogen-bond donors (Lipinski definition) is 1. The van der Waals surface area contributed by atoms with E-state index < -0.39 is 0 Å². The first kappa shape index (κ1) is 16.8. The van der Waals surface area contributed by atoms with Crippen molar-refractivity contribution in [3.63, 3.8) is 0 Å². The highest BCUT2D eigenvalue weighted by atomic mass is 16.3. The van der Waals surface area contributed by atoms with Gasteiger partial charge in [0.25, 0.3) is 5.91 Å². The number of para-hydroxylation sites is 1. The van der Waals surface area contributed by atoms with E-state index in [1.165, 1.54) is 0 Å². The Morgan fingerprint density at radius 2 is 1.93 bits per heavy atom. The van der Waals surface area contributed by atoms with Crippen molar-refractivity contribution < 1.29 is 13.6 Å². The Balaban J connectivity index is 1.56. The maximum absolute atomic E-state index is 12.8. The number of nitrogens with zero attached hydrogens (tertiary/aromatic N) is 3. The first-order valence-corrected chi connectivity index (χ1v) is 9.47. The lowest BCUT2D eigenvalue weighted by molar-refractivity contribution is 0.0938. The quantitative estimate of drug-likeness (QED) is 0.583. The highest BCUT2D eigenvalue weighted by Gasteiger charge is 2.24. The fourth-order valence-electron chi connectivity index (χ4n) is 3.65. The van der Waals surface area contributed by atoms with Gasteiger partial charge in [-0.3, -0.25) is 4.79 Å². The Bertz CT molecular complexity index is 1170. The summed E-state index contributed by atoms with van der Waals surface area (Å²) in [4.78, 5) is 24.0. The predicted octanol–water partition coefficient (Wildman–Crippen LogP) is 3.81. The van der Waals surface area contributed by atoms with Crippen LogP contribution in [0.1, 0.15) is 35.0 Å². The number of furan rings is 2. The highest BCUT2D eigenvalue weighted by molar-refractivity contribution is 6.07. The van der Waals surface area contributed by atoms with E-state index in [-0.39, 0.29) is 11.7 Å². The summed E-state index contributed by atoms with van der Waals surface area (Å²) < 4.78 is 11.6. The zero-order chi connectivity index (χ0) is 19.1. The number of nitrogens with one attached hydrogen (secondary N) is 1. The van der Waals surface area contributed by atoms with E-state index in [9.17, 15) is 4.79 Å². The molecule has 0 radical (unpaired) electrons. The lowest BCUT2D eigenvalue weighted by Gasteiger charge is -2.16. The molecule has 5 rings (SSSR count). The Labute approximate surface area is 161 Å². The van der Waals surface area contributed by atoms with Gasteiger partial charge in [-0.15, -0.1) is 0 Å². The number of aromatic nitrogens is 2. The van der Waals surface area contributed by atoms with E-state index >= 15 is 0 Å². The molecule has 1 aromatic carbocycles. The summed E-state index contributed by atoms with van der Waals surface area (Å²) in [5, 5.41) is 3.73. The molecule has 4 aromatic rings. The number of carbonyl (C=O) groups excluding carboxylic acids is 1. The number of fused-ring (bicyclic) bond motifs is 3. The van der Waals surface area contributed by atoms with Crippen LogP contribution in [-0.4, -0.2) is 29.0 Å². The first-order valence-electron chi connectivity index (χ1n) is 9.47. The molecule has 1 aliphatic heterocycles. The number of amides is 1. The highest BCUT2D eigenvalue weighted by Crippen LogP contribution is 2.34. The van der Waals surface area contributed by atoms with Crippen LogP contribution in [-0.2, 0) is 6.54 Å². The molecule has 0 bridgehead atoms. The van der Waals surface area contributed by atoms with Gasteiger partial charge in [-0.2, -0.15) is 0 Å². The SMILES string of the molecule is Cc1ccc(CNC(=O)c2nc(N3CCCC3)c3oc4ccccc4c3n2)o1. The summed E-state index contributed by atoms with van der Waals surface area (Å²) in [5.41, 5.74) is 2.06. The van der Waals surface area contributed by atoms with E-state index in [4.69, 9.17) is 8.83 Å². The predicted molar refractivity (Wildman–Crippen MR) is 105 cm³/mol. The van der Waals surface area contributed by atoms with Crippen molar-refractivity contribution >= 4 is 33.8 Å². The molecule has 1 amide bonds. The Hall–Kier alpha value is -3.35. The molecule has 7 nitrogen and oxygen atoms in total. The third-order valence-electron chi connectivity index (χ3n) is 5.03. The second-order valence-corrected chi connectivity index (χ2v) is 7.04. The molecule has 7 heteroatoms. The molecule has 3 aromatic heterocycles. The van der Waals surface area contributed by atoms with Crippen molar-refractivity contribution in [3.8, 4) is 0 Å². The Morgan fingerprint density at radius 1 is 1.11 bits per heavy atom. The van der Waals surface area contributed by atoms with Gasteiger partial charge in [0, 0.05) is 18.5 Å². The second kappa shape index (κ2) is 6.67. The molecule has 1 aliphatic rings. The maximum atomic E-state index is 12.8. The van der Waals surface area contributed by atoms with Crippen molar-refractivity contribution in [1.29, 1.82) is 0 Å². The van der Waals surface area contributed by atoms with Gasteiger partial charge in [0.05, 0.1) is 6.54 Å². The Kier molecular flexibility index (Phi) is 4.00. The van der Waals surface area contributed by atoms with E-state index in [0.717, 1.165) is 42.7 Å². The number of carbonyl (C=O) groups is 1. The molecule has 0 saturated carbocycles. The number of benzene rings is 1. The van der Waals surface area contributed by atoms with E-state index in [1.807, 2.05) is 43.3 Å². The molecular weight excluding hydrogens is 356 g/mol. The monoisotopic (exact) mass is 376 g/mol. The second-order valence-electron chi connectivity index (χ2n) is 7.04. The van der Waals surface area contributed by atoms with Crippen molar-refractivity contribution in [2.45, 2.75) is 26.3 Å². The van der Waals surface area contributed by atoms with Crippen LogP contribution in [0.2, 0.25) is 0 Å². The van der Waals surface area contributed by atoms with Crippen LogP contribution in [0, 0.1) is 6.92 Å². The number of hydrogen-bond acceptors (Lipinski definition) is 6. The largest absolute Gasteiger partial charge is 0.465 e. The van der Waals surface area contributed by atoms with Gasteiger partial charge in [-0.25, -0.2) is 9.97 Å². The molecule has 0 atom stereocenters. The summed E-state index contributed by atoms with van der Waals surface area (Å²) >= 11 is 0. The molecule has 1 fully saturated rings. The van der Waals surface area contributed by atoms with Crippen LogP contribution in [0.5, 0.6) is 0 Å². The molecular formula is C21H20N4O3. The van der Waals surface area contributed by atoms with Gasteiger partial charge in [0.1, 0.15) is 22.6 Å². The van der Waals surface area contributed by atoms with Crippen molar-refractivity contribution in [3.05, 3.63) is 53.7 Å². The van der Waals surface area contributed by atoms with Gasteiger partial charge in [0.15, 0.2) is 11.4 Å². The van der Waals surface area contributed by atoms with Crippen molar-refractivity contribution in [1.82, 2.24) is 15.3 Å². The number of aryl methyl sites for hydroxylation is 1. The third kappa shape index (κ3) is 2.89. The van der Waals surface area contributed by atoms with E-state index in [1.54, 1.807) is 0 Å². The average Bonchev–Trinajstić information content (AvgIpc) is 3.45. The minimum atomic E-state index is -0.332. The molecule has 0 aliphatic carbocycles. The molecule has 142 valence electrons. The summed E-state index contributed by atoms with van der Waals surface area (Å²) in [6, 6.07) is 11.4. The van der Waals surface area contributed by atoms with Gasteiger partial charge in [-0.1, -0.05) is 12.1 Å². The van der Waals surface area contributed by atoms with Gasteiger partial charge in [0.2, 0.25) is 5.82 Å². The summed E-state index contributed by atoms with van der Waals surface area (Å²) in [6.45, 7) is 3.96. The van der Waals surface area contributed by atoms with E-state index in [0.29, 0.717) is 29.2 Å². The lowest BCUT2D eigenvalue weighted by Crippen LogP contribution is -2.27. The number of rotatable bonds is 4. The standard InChI is InChI=1S/C21H20N4O3/c1-13-8-9-14(27-13)12-22-21(26)19-23-17-15-6-2-3-7-16(15)28-18(17)20(24-19)25-10-4-5-11-25/h2-3,6-9H,4-5,10-12H2,1H3,(H,22,26). The molecule has 4 heterocycles. The summed E-state index contributed by atoms with van der Waals surface area (Å²) in [6.07, 6.45) is 2.20. The van der Waals surface area contributed by atoms with Crippen LogP contribution in [0.25, 0.3) is 22.1 Å². The van der Waals surface area contributed by atoms with Gasteiger partial charge < -0.3 is 19.1 Å². The van der Waals surface area contributed by atoms with Crippen molar-refractivity contribution in [2.24, 2.45) is 0 Å². The zero-order valence-electron chi connectivity index (χ0n) is 15.6. The summed E-state index contributed by atoms with van der Waals surface area (Å²) in [5.74, 6) is 2.01.